The Balaban J connectivity index is 1.03. The third-order valence-corrected chi connectivity index (χ3v) is 21.1. The maximum absolute atomic E-state index is 2.85. The Bertz CT molecular complexity index is 4050. The first-order valence-electron chi connectivity index (χ1n) is 27.0. The highest BCUT2D eigenvalue weighted by molar-refractivity contribution is 7.22. The average molecular weight is 1010 g/mol. The maximum atomic E-state index is 2.59. The lowest BCUT2D eigenvalue weighted by Gasteiger charge is -2.45. The molecule has 0 atom stereocenters. The minimum absolute atomic E-state index is 0.0925. The zero-order valence-electron chi connectivity index (χ0n) is 42.8. The minimum Gasteiger partial charge on any atom is -0.311 e. The van der Waals surface area contributed by atoms with Gasteiger partial charge in [0.1, 0.15) is 0 Å². The molecule has 3 aliphatic rings. The van der Waals surface area contributed by atoms with E-state index in [1.165, 1.54) is 53.9 Å². The van der Waals surface area contributed by atoms with E-state index in [0.29, 0.717) is 0 Å². The van der Waals surface area contributed by atoms with Crippen LogP contribution in [0.3, 0.4) is 0 Å². The number of benzene rings is 12. The number of hydrogen-bond acceptors (Lipinski definition) is 4. The third kappa shape index (κ3) is 7.14. The topological polar surface area (TPSA) is 13.0 Å². The Hall–Kier alpha value is -9.88. The fourth-order valence-electron chi connectivity index (χ4n) is 13.1. The quantitative estimate of drug-likeness (QED) is 0.127. The minimum atomic E-state index is -2.85. The molecule has 0 fully saturated rings. The highest BCUT2D eigenvalue weighted by atomic mass is 28.3. The number of para-hydroxylation sites is 6. The summed E-state index contributed by atoms with van der Waals surface area (Å²) in [6, 6.07) is 115. The van der Waals surface area contributed by atoms with Crippen LogP contribution in [0.1, 0.15) is 0 Å². The summed E-state index contributed by atoms with van der Waals surface area (Å²) < 4.78 is 0. The molecule has 3 heterocycles. The summed E-state index contributed by atoms with van der Waals surface area (Å²) in [5, 5.41) is 5.60. The molecule has 0 N–H and O–H groups in total. The van der Waals surface area contributed by atoms with Crippen molar-refractivity contribution < 1.29 is 0 Å². The summed E-state index contributed by atoms with van der Waals surface area (Å²) in [4.78, 5) is 9.93. The van der Waals surface area contributed by atoms with Crippen molar-refractivity contribution in [1.82, 2.24) is 0 Å². The summed E-state index contributed by atoms with van der Waals surface area (Å²) in [5.41, 5.74) is 19.7. The summed E-state index contributed by atoms with van der Waals surface area (Å²) in [5.74, 6) is 0. The van der Waals surface area contributed by atoms with Crippen LogP contribution in [0.4, 0.5) is 68.2 Å². The predicted molar refractivity (Wildman–Crippen MR) is 332 cm³/mol. The van der Waals surface area contributed by atoms with Gasteiger partial charge in [0.25, 0.3) is 6.71 Å². The molecule has 0 bridgehead atoms. The van der Waals surface area contributed by atoms with Gasteiger partial charge in [0.15, 0.2) is 8.07 Å². The molecule has 12 aromatic rings. The molecular weight excluding hydrogens is 960 g/mol. The number of rotatable bonds is 10. The maximum Gasteiger partial charge on any atom is 0.252 e. The van der Waals surface area contributed by atoms with E-state index in [-0.39, 0.29) is 6.71 Å². The lowest BCUT2D eigenvalue weighted by molar-refractivity contribution is 1.22. The van der Waals surface area contributed by atoms with E-state index in [0.717, 1.165) is 62.6 Å². The fraction of sp³-hybridized carbons (Fsp3) is 0. The van der Waals surface area contributed by atoms with Gasteiger partial charge in [-0.1, -0.05) is 206 Å². The molecule has 12 aromatic carbocycles. The van der Waals surface area contributed by atoms with Crippen molar-refractivity contribution in [3.8, 4) is 11.1 Å². The molecule has 15 rings (SSSR count). The molecule has 3 aliphatic heterocycles. The lowest BCUT2D eigenvalue weighted by Crippen LogP contribution is -2.72. The van der Waals surface area contributed by atoms with Crippen molar-refractivity contribution in [3.63, 3.8) is 0 Å². The zero-order valence-corrected chi connectivity index (χ0v) is 43.8. The van der Waals surface area contributed by atoms with Crippen LogP contribution in [0.25, 0.3) is 11.1 Å². The second-order valence-corrected chi connectivity index (χ2v) is 24.1. The molecule has 0 spiro atoms. The Morgan fingerprint density at radius 3 is 1.26 bits per heavy atom. The highest BCUT2D eigenvalue weighted by Gasteiger charge is 2.50. The van der Waals surface area contributed by atoms with Crippen molar-refractivity contribution >= 4 is 120 Å². The van der Waals surface area contributed by atoms with Gasteiger partial charge >= 0.3 is 0 Å². The number of nitrogens with zero attached hydrogens (tertiary/aromatic N) is 4. The molecule has 0 radical (unpaired) electrons. The molecule has 0 unspecified atom stereocenters. The van der Waals surface area contributed by atoms with Crippen molar-refractivity contribution in [2.45, 2.75) is 0 Å². The molecule has 78 heavy (non-hydrogen) atoms. The fourth-order valence-corrected chi connectivity index (χ4v) is 18.3. The smallest absolute Gasteiger partial charge is 0.252 e. The second kappa shape index (κ2) is 18.7. The first-order valence-corrected chi connectivity index (χ1v) is 29.0. The molecule has 0 aliphatic carbocycles. The van der Waals surface area contributed by atoms with Crippen LogP contribution in [0.15, 0.2) is 309 Å². The summed E-state index contributed by atoms with van der Waals surface area (Å²) >= 11 is 0. The van der Waals surface area contributed by atoms with Crippen LogP contribution in [0, 0.1) is 0 Å². The molecule has 0 saturated heterocycles. The zero-order chi connectivity index (χ0) is 51.6. The largest absolute Gasteiger partial charge is 0.311 e. The first kappa shape index (κ1) is 45.5. The number of anilines is 12. The first-order chi connectivity index (χ1) is 38.7. The standard InChI is InChI=1S/C72H51BN4Si/c1-8-26-52(27-9-1)74(53-28-10-2-11-29-53)57-45-47-65-67(48-57)76(56-34-16-5-17-35-56)68-49-59(75(54-30-12-3-13-31-54)55-32-14-4-15-33-55)50-69-72(68)73(65)64-41-23-24-42-66(64)77(69)58-44-46-63-62-40-22-25-43-70(62)78(71(63)51-58,60-36-18-6-19-37-60)61-38-20-7-21-39-61/h1-51H. The van der Waals surface area contributed by atoms with Crippen molar-refractivity contribution in [1.29, 1.82) is 0 Å². The monoisotopic (exact) mass is 1010 g/mol. The summed E-state index contributed by atoms with van der Waals surface area (Å²) in [6.07, 6.45) is 0. The van der Waals surface area contributed by atoms with E-state index in [2.05, 4.69) is 329 Å². The van der Waals surface area contributed by atoms with Gasteiger partial charge in [0.2, 0.25) is 0 Å². The van der Waals surface area contributed by atoms with Crippen LogP contribution in [-0.2, 0) is 0 Å². The number of fused-ring (bicyclic) bond motifs is 7. The van der Waals surface area contributed by atoms with E-state index in [1.807, 2.05) is 0 Å². The molecule has 0 amide bonds. The van der Waals surface area contributed by atoms with Crippen LogP contribution in [-0.4, -0.2) is 14.8 Å². The Morgan fingerprint density at radius 2 is 0.692 bits per heavy atom. The Labute approximate surface area is 457 Å². The van der Waals surface area contributed by atoms with Gasteiger partial charge in [0, 0.05) is 62.6 Å². The molecule has 366 valence electrons. The van der Waals surface area contributed by atoms with Crippen molar-refractivity contribution in [2.24, 2.45) is 0 Å². The van der Waals surface area contributed by atoms with E-state index in [4.69, 9.17) is 0 Å². The van der Waals surface area contributed by atoms with Crippen LogP contribution in [0.5, 0.6) is 0 Å². The average Bonchev–Trinajstić information content (AvgIpc) is 3.90. The Kier molecular flexibility index (Phi) is 10.9. The van der Waals surface area contributed by atoms with Crippen molar-refractivity contribution in [3.05, 3.63) is 309 Å². The third-order valence-electron chi connectivity index (χ3n) is 16.2. The summed E-state index contributed by atoms with van der Waals surface area (Å²) in [6.45, 7) is -0.0925. The van der Waals surface area contributed by atoms with E-state index in [1.54, 1.807) is 0 Å². The lowest BCUT2D eigenvalue weighted by atomic mass is 9.33. The van der Waals surface area contributed by atoms with Crippen LogP contribution in [0.2, 0.25) is 0 Å². The van der Waals surface area contributed by atoms with Gasteiger partial charge in [-0.05, 0) is 151 Å². The van der Waals surface area contributed by atoms with Gasteiger partial charge in [-0.3, -0.25) is 0 Å². The van der Waals surface area contributed by atoms with Gasteiger partial charge in [-0.15, -0.1) is 0 Å². The Morgan fingerprint density at radius 1 is 0.269 bits per heavy atom. The molecular formula is C72H51BN4Si. The molecule has 0 aromatic heterocycles. The second-order valence-electron chi connectivity index (χ2n) is 20.4. The van der Waals surface area contributed by atoms with Crippen LogP contribution >= 0.6 is 0 Å². The number of hydrogen-bond donors (Lipinski definition) is 0. The van der Waals surface area contributed by atoms with Gasteiger partial charge in [-0.2, -0.15) is 0 Å². The van der Waals surface area contributed by atoms with Crippen LogP contribution < -0.4 is 56.7 Å². The van der Waals surface area contributed by atoms with E-state index < -0.39 is 8.07 Å². The van der Waals surface area contributed by atoms with E-state index in [9.17, 15) is 0 Å². The molecule has 4 nitrogen and oxygen atoms in total. The molecule has 6 heteroatoms. The van der Waals surface area contributed by atoms with Gasteiger partial charge in [-0.25, -0.2) is 0 Å². The normalized spacial score (nSPS) is 13.2. The van der Waals surface area contributed by atoms with Crippen molar-refractivity contribution in [2.75, 3.05) is 19.6 Å². The predicted octanol–water partition coefficient (Wildman–Crippen LogP) is 14.1. The summed E-state index contributed by atoms with van der Waals surface area (Å²) in [7, 11) is -2.85. The van der Waals surface area contributed by atoms with Gasteiger partial charge in [0.05, 0.1) is 5.69 Å². The molecule has 0 saturated carbocycles. The SMILES string of the molecule is c1ccc(N(c2ccccc2)c2ccc3c(c2)N(c2ccccc2)c2cc(N(c4ccccc4)c4ccccc4)cc4c2B3c2ccccc2N4c2ccc3c(c2)[Si](c2ccccc2)(c2ccccc2)c2ccccc2-3)cc1. The highest BCUT2D eigenvalue weighted by Crippen LogP contribution is 2.49. The van der Waals surface area contributed by atoms with E-state index >= 15 is 0 Å². The van der Waals surface area contributed by atoms with Gasteiger partial charge < -0.3 is 19.6 Å².